The zero-order valence-electron chi connectivity index (χ0n) is 9.45. The van der Waals surface area contributed by atoms with Crippen LogP contribution in [0.4, 0.5) is 10.1 Å². The number of fused-ring (bicyclic) bond motifs is 1. The van der Waals surface area contributed by atoms with Crippen molar-refractivity contribution in [3.63, 3.8) is 0 Å². The molecule has 0 unspecified atom stereocenters. The number of nitrogens with one attached hydrogen (secondary N) is 1. The Kier molecular flexibility index (Phi) is 2.56. The zero-order valence-corrected chi connectivity index (χ0v) is 10.2. The molecule has 1 heterocycles. The largest absolute Gasteiger partial charge is 0.322 e. The Morgan fingerprint density at radius 2 is 1.94 bits per heavy atom. The molecule has 0 atom stereocenters. The second kappa shape index (κ2) is 4.10. The number of rotatable bonds is 1. The van der Waals surface area contributed by atoms with Gasteiger partial charge in [-0.25, -0.2) is 4.39 Å². The molecule has 0 saturated heterocycles. The fourth-order valence-corrected chi connectivity index (χ4v) is 2.42. The van der Waals surface area contributed by atoms with Crippen LogP contribution < -0.4 is 4.90 Å². The number of anilines is 1. The SMILES string of the molecule is N=C1c2ccccc2CN1c1cc(F)cc(Cl)c1. The molecular formula is C14H10ClFN2. The Labute approximate surface area is 109 Å². The average Bonchev–Trinajstić information content (AvgIpc) is 2.66. The second-order valence-corrected chi connectivity index (χ2v) is 4.66. The number of hydrogen-bond donors (Lipinski definition) is 1. The summed E-state index contributed by atoms with van der Waals surface area (Å²) in [4.78, 5) is 1.75. The van der Waals surface area contributed by atoms with Gasteiger partial charge in [0.2, 0.25) is 0 Å². The van der Waals surface area contributed by atoms with E-state index in [1.165, 1.54) is 12.1 Å². The highest BCUT2D eigenvalue weighted by atomic mass is 35.5. The third kappa shape index (κ3) is 1.77. The van der Waals surface area contributed by atoms with Crippen LogP contribution in [0.25, 0.3) is 0 Å². The van der Waals surface area contributed by atoms with Crippen LogP contribution in [0.15, 0.2) is 42.5 Å². The Bertz CT molecular complexity index is 619. The predicted octanol–water partition coefficient (Wildman–Crippen LogP) is 3.82. The third-order valence-corrected chi connectivity index (χ3v) is 3.25. The molecule has 0 spiro atoms. The van der Waals surface area contributed by atoms with Crippen LogP contribution in [0.2, 0.25) is 5.02 Å². The summed E-state index contributed by atoms with van der Waals surface area (Å²) in [5, 5.41) is 8.47. The first kappa shape index (κ1) is 11.2. The highest BCUT2D eigenvalue weighted by Gasteiger charge is 2.25. The third-order valence-electron chi connectivity index (χ3n) is 3.03. The quantitative estimate of drug-likeness (QED) is 0.829. The van der Waals surface area contributed by atoms with Crippen molar-refractivity contribution < 1.29 is 4.39 Å². The predicted molar refractivity (Wildman–Crippen MR) is 70.9 cm³/mol. The molecule has 0 fully saturated rings. The van der Waals surface area contributed by atoms with Crippen molar-refractivity contribution in [1.29, 1.82) is 5.41 Å². The monoisotopic (exact) mass is 260 g/mol. The lowest BCUT2D eigenvalue weighted by Crippen LogP contribution is -2.23. The number of benzene rings is 2. The van der Waals surface area contributed by atoms with Crippen LogP contribution in [-0.4, -0.2) is 5.84 Å². The van der Waals surface area contributed by atoms with Gasteiger partial charge in [-0.15, -0.1) is 0 Å². The van der Waals surface area contributed by atoms with Crippen LogP contribution in [0.5, 0.6) is 0 Å². The molecule has 2 aromatic carbocycles. The van der Waals surface area contributed by atoms with Gasteiger partial charge in [-0.05, 0) is 23.8 Å². The van der Waals surface area contributed by atoms with Gasteiger partial charge in [-0.3, -0.25) is 5.41 Å². The summed E-state index contributed by atoms with van der Waals surface area (Å²) < 4.78 is 13.4. The summed E-state index contributed by atoms with van der Waals surface area (Å²) in [6.07, 6.45) is 0. The maximum absolute atomic E-state index is 13.4. The highest BCUT2D eigenvalue weighted by molar-refractivity contribution is 6.31. The maximum Gasteiger partial charge on any atom is 0.133 e. The average molecular weight is 261 g/mol. The molecule has 1 N–H and O–H groups in total. The van der Waals surface area contributed by atoms with Crippen molar-refractivity contribution in [1.82, 2.24) is 0 Å². The normalized spacial score (nSPS) is 13.9. The van der Waals surface area contributed by atoms with Crippen LogP contribution >= 0.6 is 11.6 Å². The molecule has 4 heteroatoms. The van der Waals surface area contributed by atoms with Crippen molar-refractivity contribution in [3.8, 4) is 0 Å². The summed E-state index contributed by atoms with van der Waals surface area (Å²) in [5.74, 6) is -0.00600. The van der Waals surface area contributed by atoms with E-state index in [-0.39, 0.29) is 5.82 Å². The topological polar surface area (TPSA) is 27.1 Å². The minimum absolute atomic E-state index is 0.341. The standard InChI is InChI=1S/C14H10ClFN2/c15-10-5-11(16)7-12(6-10)18-8-9-3-1-2-4-13(9)14(18)17/h1-7,17H,8H2. The van der Waals surface area contributed by atoms with Gasteiger partial charge in [-0.2, -0.15) is 0 Å². The van der Waals surface area contributed by atoms with Crippen molar-refractivity contribution in [2.75, 3.05) is 4.90 Å². The van der Waals surface area contributed by atoms with Crippen LogP contribution in [-0.2, 0) is 6.54 Å². The number of halogens is 2. The lowest BCUT2D eigenvalue weighted by molar-refractivity contribution is 0.628. The van der Waals surface area contributed by atoms with E-state index in [1.54, 1.807) is 11.0 Å². The van der Waals surface area contributed by atoms with E-state index < -0.39 is 0 Å². The van der Waals surface area contributed by atoms with E-state index >= 15 is 0 Å². The minimum Gasteiger partial charge on any atom is -0.322 e. The molecule has 0 bridgehead atoms. The summed E-state index contributed by atoms with van der Waals surface area (Å²) in [6, 6.07) is 12.0. The first-order chi connectivity index (χ1) is 8.65. The molecule has 1 aliphatic heterocycles. The smallest absolute Gasteiger partial charge is 0.133 e. The Morgan fingerprint density at radius 1 is 1.17 bits per heavy atom. The molecular weight excluding hydrogens is 251 g/mol. The van der Waals surface area contributed by atoms with Crippen molar-refractivity contribution >= 4 is 23.1 Å². The first-order valence-electron chi connectivity index (χ1n) is 5.55. The van der Waals surface area contributed by atoms with Crippen molar-refractivity contribution in [2.45, 2.75) is 6.54 Å². The van der Waals surface area contributed by atoms with Crippen LogP contribution in [0.1, 0.15) is 11.1 Å². The van der Waals surface area contributed by atoms with Gasteiger partial charge in [0.05, 0.1) is 6.54 Å². The van der Waals surface area contributed by atoms with Gasteiger partial charge >= 0.3 is 0 Å². The van der Waals surface area contributed by atoms with E-state index in [2.05, 4.69) is 0 Å². The Hall–Kier alpha value is -1.87. The van der Waals surface area contributed by atoms with Crippen LogP contribution in [0.3, 0.4) is 0 Å². The molecule has 1 aliphatic rings. The maximum atomic E-state index is 13.4. The number of nitrogens with zero attached hydrogens (tertiary/aromatic N) is 1. The van der Waals surface area contributed by atoms with Gasteiger partial charge in [0.25, 0.3) is 0 Å². The molecule has 2 nitrogen and oxygen atoms in total. The van der Waals surface area contributed by atoms with E-state index in [0.29, 0.717) is 23.1 Å². The number of hydrogen-bond acceptors (Lipinski definition) is 1. The summed E-state index contributed by atoms with van der Waals surface area (Å²) >= 11 is 5.85. The highest BCUT2D eigenvalue weighted by Crippen LogP contribution is 2.30. The van der Waals surface area contributed by atoms with Gasteiger partial charge in [0, 0.05) is 16.3 Å². The Morgan fingerprint density at radius 3 is 2.67 bits per heavy atom. The van der Waals surface area contributed by atoms with E-state index in [9.17, 15) is 4.39 Å². The lowest BCUT2D eigenvalue weighted by Gasteiger charge is -2.18. The van der Waals surface area contributed by atoms with Crippen molar-refractivity contribution in [3.05, 3.63) is 64.4 Å². The van der Waals surface area contributed by atoms with Crippen molar-refractivity contribution in [2.24, 2.45) is 0 Å². The molecule has 0 radical (unpaired) electrons. The molecule has 18 heavy (non-hydrogen) atoms. The van der Waals surface area contributed by atoms with Gasteiger partial charge in [-0.1, -0.05) is 35.9 Å². The Balaban J connectivity index is 2.04. The number of amidine groups is 1. The fraction of sp³-hybridized carbons (Fsp3) is 0.0714. The minimum atomic E-state index is -0.388. The molecule has 0 amide bonds. The van der Waals surface area contributed by atoms with E-state index in [4.69, 9.17) is 17.0 Å². The zero-order chi connectivity index (χ0) is 12.7. The second-order valence-electron chi connectivity index (χ2n) is 4.22. The molecule has 0 aromatic heterocycles. The van der Waals surface area contributed by atoms with E-state index in [1.807, 2.05) is 24.3 Å². The summed E-state index contributed by atoms with van der Waals surface area (Å²) in [6.45, 7) is 0.578. The molecule has 2 aromatic rings. The van der Waals surface area contributed by atoms with Crippen LogP contribution in [0, 0.1) is 11.2 Å². The lowest BCUT2D eigenvalue weighted by atomic mass is 10.1. The first-order valence-corrected chi connectivity index (χ1v) is 5.93. The summed E-state index contributed by atoms with van der Waals surface area (Å²) in [7, 11) is 0. The van der Waals surface area contributed by atoms with Gasteiger partial charge in [0.15, 0.2) is 0 Å². The molecule has 0 saturated carbocycles. The van der Waals surface area contributed by atoms with E-state index in [0.717, 1.165) is 11.1 Å². The van der Waals surface area contributed by atoms with Gasteiger partial charge < -0.3 is 4.90 Å². The molecule has 3 rings (SSSR count). The molecule has 0 aliphatic carbocycles. The van der Waals surface area contributed by atoms with Gasteiger partial charge in [0.1, 0.15) is 11.7 Å². The fourth-order valence-electron chi connectivity index (χ4n) is 2.20. The molecule has 90 valence electrons. The summed E-state index contributed by atoms with van der Waals surface area (Å²) in [5.41, 5.74) is 2.57.